The van der Waals surface area contributed by atoms with E-state index in [1.165, 1.54) is 37.4 Å². The fourth-order valence-electron chi connectivity index (χ4n) is 3.38. The standard InChI is InChI=1S/C23H19FN4O6S/c1-34-20-11-8-15(12-19(20)27-35(32,33)16-9-6-14(24)7-10-16)25-21(29)13-28-23(31)18-5-3-2-4-17(18)22(30)26-28/h2-12,27H,13H2,1H3,(H,25,29)(H,26,30). The Bertz CT molecular complexity index is 1650. The lowest BCUT2D eigenvalue weighted by Gasteiger charge is -2.14. The molecule has 0 spiro atoms. The SMILES string of the molecule is COc1ccc(NC(=O)Cn2[nH]c(=O)c3ccccc3c2=O)cc1NS(=O)(=O)c1ccc(F)cc1. The molecular formula is C23H19FN4O6S. The maximum absolute atomic E-state index is 13.2. The van der Waals surface area contributed by atoms with Crippen LogP contribution in [0.1, 0.15) is 0 Å². The van der Waals surface area contributed by atoms with Gasteiger partial charge in [0.2, 0.25) is 5.91 Å². The van der Waals surface area contributed by atoms with Gasteiger partial charge in [0.15, 0.2) is 0 Å². The zero-order valence-electron chi connectivity index (χ0n) is 18.2. The molecule has 4 rings (SSSR count). The molecule has 0 radical (unpaired) electrons. The topological polar surface area (TPSA) is 139 Å². The Morgan fingerprint density at radius 2 is 1.71 bits per heavy atom. The number of carbonyl (C=O) groups excluding carboxylic acids is 1. The number of amides is 1. The Kier molecular flexibility index (Phi) is 6.38. The molecule has 1 aromatic heterocycles. The zero-order valence-corrected chi connectivity index (χ0v) is 19.1. The summed E-state index contributed by atoms with van der Waals surface area (Å²) in [6, 6.07) is 14.7. The maximum Gasteiger partial charge on any atom is 0.273 e. The molecule has 0 atom stereocenters. The molecular weight excluding hydrogens is 479 g/mol. The van der Waals surface area contributed by atoms with Crippen molar-refractivity contribution in [2.24, 2.45) is 0 Å². The number of benzene rings is 3. The highest BCUT2D eigenvalue weighted by Gasteiger charge is 2.18. The van der Waals surface area contributed by atoms with Crippen LogP contribution in [0.5, 0.6) is 5.75 Å². The summed E-state index contributed by atoms with van der Waals surface area (Å²) in [6.45, 7) is -0.485. The van der Waals surface area contributed by atoms with Crippen LogP contribution in [-0.2, 0) is 21.4 Å². The zero-order chi connectivity index (χ0) is 25.2. The fourth-order valence-corrected chi connectivity index (χ4v) is 4.45. The molecule has 1 amide bonds. The van der Waals surface area contributed by atoms with Gasteiger partial charge in [0.25, 0.3) is 21.1 Å². The van der Waals surface area contributed by atoms with E-state index in [-0.39, 0.29) is 32.8 Å². The second-order valence-electron chi connectivity index (χ2n) is 7.40. The molecule has 0 aliphatic carbocycles. The number of carbonyl (C=O) groups is 1. The molecule has 3 aromatic carbocycles. The number of aromatic amines is 1. The van der Waals surface area contributed by atoms with Gasteiger partial charge in [0, 0.05) is 5.69 Å². The summed E-state index contributed by atoms with van der Waals surface area (Å²) in [5.41, 5.74) is -0.845. The van der Waals surface area contributed by atoms with Gasteiger partial charge in [-0.1, -0.05) is 12.1 Å². The molecule has 3 N–H and O–H groups in total. The van der Waals surface area contributed by atoms with Crippen LogP contribution in [0.25, 0.3) is 10.8 Å². The number of fused-ring (bicyclic) bond motifs is 1. The van der Waals surface area contributed by atoms with E-state index in [9.17, 15) is 27.2 Å². The molecule has 0 fully saturated rings. The summed E-state index contributed by atoms with van der Waals surface area (Å²) in [5.74, 6) is -1.06. The van der Waals surface area contributed by atoms with Crippen LogP contribution in [0.15, 0.2) is 81.2 Å². The van der Waals surface area contributed by atoms with Crippen molar-refractivity contribution in [3.8, 4) is 5.75 Å². The van der Waals surface area contributed by atoms with Crippen molar-refractivity contribution in [1.29, 1.82) is 0 Å². The molecule has 35 heavy (non-hydrogen) atoms. The molecule has 180 valence electrons. The van der Waals surface area contributed by atoms with Crippen molar-refractivity contribution < 1.29 is 22.3 Å². The molecule has 0 aliphatic rings. The number of nitrogens with zero attached hydrogens (tertiary/aromatic N) is 1. The van der Waals surface area contributed by atoms with Gasteiger partial charge in [-0.05, 0) is 54.6 Å². The molecule has 0 unspecified atom stereocenters. The van der Waals surface area contributed by atoms with E-state index < -0.39 is 39.4 Å². The Hall–Kier alpha value is -4.45. The van der Waals surface area contributed by atoms with E-state index in [4.69, 9.17) is 4.74 Å². The normalized spacial score (nSPS) is 11.3. The summed E-state index contributed by atoms with van der Waals surface area (Å²) < 4.78 is 46.9. The first-order valence-electron chi connectivity index (χ1n) is 10.2. The Morgan fingerprint density at radius 3 is 2.40 bits per heavy atom. The van der Waals surface area contributed by atoms with Gasteiger partial charge in [-0.3, -0.25) is 24.2 Å². The number of ether oxygens (including phenoxy) is 1. The molecule has 0 bridgehead atoms. The van der Waals surface area contributed by atoms with Crippen LogP contribution >= 0.6 is 0 Å². The second-order valence-corrected chi connectivity index (χ2v) is 9.08. The van der Waals surface area contributed by atoms with Gasteiger partial charge >= 0.3 is 0 Å². The van der Waals surface area contributed by atoms with Crippen molar-refractivity contribution in [3.05, 3.63) is 93.3 Å². The largest absolute Gasteiger partial charge is 0.495 e. The van der Waals surface area contributed by atoms with Crippen LogP contribution in [0.3, 0.4) is 0 Å². The van der Waals surface area contributed by atoms with Crippen LogP contribution in [0.4, 0.5) is 15.8 Å². The minimum absolute atomic E-state index is 0.0194. The average molecular weight is 498 g/mol. The van der Waals surface area contributed by atoms with Crippen LogP contribution < -0.4 is 25.9 Å². The minimum Gasteiger partial charge on any atom is -0.495 e. The smallest absolute Gasteiger partial charge is 0.273 e. The summed E-state index contributed by atoms with van der Waals surface area (Å²) in [6.07, 6.45) is 0. The number of nitrogens with one attached hydrogen (secondary N) is 3. The van der Waals surface area contributed by atoms with Gasteiger partial charge < -0.3 is 10.1 Å². The van der Waals surface area contributed by atoms with E-state index in [0.29, 0.717) is 0 Å². The molecule has 1 heterocycles. The third-order valence-corrected chi connectivity index (χ3v) is 6.42. The lowest BCUT2D eigenvalue weighted by molar-refractivity contribution is -0.117. The van der Waals surface area contributed by atoms with E-state index in [1.54, 1.807) is 12.1 Å². The highest BCUT2D eigenvalue weighted by molar-refractivity contribution is 7.92. The highest BCUT2D eigenvalue weighted by atomic mass is 32.2. The van der Waals surface area contributed by atoms with E-state index in [1.807, 2.05) is 0 Å². The van der Waals surface area contributed by atoms with E-state index in [0.717, 1.165) is 28.9 Å². The fraction of sp³-hybridized carbons (Fsp3) is 0.0870. The van der Waals surface area contributed by atoms with E-state index >= 15 is 0 Å². The van der Waals surface area contributed by atoms with Gasteiger partial charge in [0.05, 0.1) is 28.5 Å². The van der Waals surface area contributed by atoms with Gasteiger partial charge in [-0.25, -0.2) is 17.5 Å². The number of aromatic nitrogens is 2. The lowest BCUT2D eigenvalue weighted by atomic mass is 10.2. The number of hydrogen-bond donors (Lipinski definition) is 3. The minimum atomic E-state index is -4.08. The number of halogens is 1. The number of hydrogen-bond acceptors (Lipinski definition) is 6. The quantitative estimate of drug-likeness (QED) is 0.357. The number of sulfonamides is 1. The van der Waals surface area contributed by atoms with Crippen molar-refractivity contribution in [2.45, 2.75) is 11.4 Å². The predicted molar refractivity (Wildman–Crippen MR) is 128 cm³/mol. The Balaban J connectivity index is 1.57. The molecule has 0 aliphatic heterocycles. The number of methoxy groups -OCH3 is 1. The van der Waals surface area contributed by atoms with Crippen molar-refractivity contribution in [1.82, 2.24) is 9.78 Å². The second kappa shape index (κ2) is 9.43. The molecule has 10 nitrogen and oxygen atoms in total. The average Bonchev–Trinajstić information content (AvgIpc) is 2.82. The van der Waals surface area contributed by atoms with E-state index in [2.05, 4.69) is 15.1 Å². The summed E-state index contributed by atoms with van der Waals surface area (Å²) >= 11 is 0. The summed E-state index contributed by atoms with van der Waals surface area (Å²) in [5, 5.41) is 5.30. The number of H-pyrrole nitrogens is 1. The predicted octanol–water partition coefficient (Wildman–Crippen LogP) is 2.28. The highest BCUT2D eigenvalue weighted by Crippen LogP contribution is 2.30. The van der Waals surface area contributed by atoms with Crippen molar-refractivity contribution >= 4 is 38.1 Å². The first kappa shape index (κ1) is 23.7. The first-order chi connectivity index (χ1) is 16.7. The first-order valence-corrected chi connectivity index (χ1v) is 11.6. The summed E-state index contributed by atoms with van der Waals surface area (Å²) in [4.78, 5) is 37.3. The van der Waals surface area contributed by atoms with Gasteiger partial charge in [-0.15, -0.1) is 0 Å². The molecule has 4 aromatic rings. The van der Waals surface area contributed by atoms with Gasteiger partial charge in [-0.2, -0.15) is 0 Å². The van der Waals surface area contributed by atoms with Crippen LogP contribution in [-0.4, -0.2) is 31.2 Å². The van der Waals surface area contributed by atoms with Crippen molar-refractivity contribution in [2.75, 3.05) is 17.1 Å². The van der Waals surface area contributed by atoms with Gasteiger partial charge in [0.1, 0.15) is 18.1 Å². The molecule has 0 saturated carbocycles. The number of rotatable bonds is 7. The molecule has 0 saturated heterocycles. The monoisotopic (exact) mass is 498 g/mol. The Morgan fingerprint density at radius 1 is 1.03 bits per heavy atom. The van der Waals surface area contributed by atoms with Crippen LogP contribution in [0.2, 0.25) is 0 Å². The third kappa shape index (κ3) is 5.06. The molecule has 12 heteroatoms. The maximum atomic E-state index is 13.2. The summed E-state index contributed by atoms with van der Waals surface area (Å²) in [7, 11) is -2.74. The van der Waals surface area contributed by atoms with Crippen LogP contribution in [0, 0.1) is 5.82 Å². The number of anilines is 2. The Labute approximate surface area is 198 Å². The lowest BCUT2D eigenvalue weighted by Crippen LogP contribution is -2.34. The third-order valence-electron chi connectivity index (χ3n) is 5.04. The van der Waals surface area contributed by atoms with Crippen molar-refractivity contribution in [3.63, 3.8) is 0 Å².